The van der Waals surface area contributed by atoms with Gasteiger partial charge in [0.25, 0.3) is 0 Å². The molecule has 0 bridgehead atoms. The van der Waals surface area contributed by atoms with Crippen molar-refractivity contribution in [1.29, 1.82) is 0 Å². The molecule has 2 aromatic rings. The van der Waals surface area contributed by atoms with Crippen LogP contribution in [0.3, 0.4) is 0 Å². The standard InChI is InChI=1S/C15H14Br2N2S/c1-8-5-11(6-9(2)14(8)17)19-13-4-3-10(16)7-12(13)15(18)20/h3-7,19H,1-2H3,(H2,18,20). The monoisotopic (exact) mass is 412 g/mol. The summed E-state index contributed by atoms with van der Waals surface area (Å²) >= 11 is 12.1. The van der Waals surface area contributed by atoms with E-state index < -0.39 is 0 Å². The van der Waals surface area contributed by atoms with Gasteiger partial charge in [0.2, 0.25) is 0 Å². The molecule has 2 nitrogen and oxygen atoms in total. The molecule has 0 unspecified atom stereocenters. The van der Waals surface area contributed by atoms with Crippen LogP contribution in [0.2, 0.25) is 0 Å². The van der Waals surface area contributed by atoms with Gasteiger partial charge in [0, 0.05) is 25.9 Å². The number of halogens is 2. The largest absolute Gasteiger partial charge is 0.389 e. The summed E-state index contributed by atoms with van der Waals surface area (Å²) in [7, 11) is 0. The summed E-state index contributed by atoms with van der Waals surface area (Å²) in [5.41, 5.74) is 10.9. The third kappa shape index (κ3) is 3.40. The second-order valence-electron chi connectivity index (χ2n) is 4.60. The number of benzene rings is 2. The second kappa shape index (κ2) is 6.24. The van der Waals surface area contributed by atoms with Gasteiger partial charge in [-0.25, -0.2) is 0 Å². The number of hydrogen-bond acceptors (Lipinski definition) is 2. The van der Waals surface area contributed by atoms with Crippen molar-refractivity contribution < 1.29 is 0 Å². The molecule has 0 radical (unpaired) electrons. The Bertz CT molecular complexity index is 661. The number of aryl methyl sites for hydroxylation is 2. The predicted octanol–water partition coefficient (Wildman–Crippen LogP) is 5.21. The molecule has 0 aromatic heterocycles. The van der Waals surface area contributed by atoms with Gasteiger partial charge in [0.15, 0.2) is 0 Å². The molecule has 0 fully saturated rings. The van der Waals surface area contributed by atoms with E-state index in [9.17, 15) is 0 Å². The van der Waals surface area contributed by atoms with Gasteiger partial charge < -0.3 is 11.1 Å². The van der Waals surface area contributed by atoms with Crippen molar-refractivity contribution in [1.82, 2.24) is 0 Å². The number of nitrogens with two attached hydrogens (primary N) is 1. The highest BCUT2D eigenvalue weighted by atomic mass is 79.9. The first-order valence-electron chi connectivity index (χ1n) is 6.01. The number of thiocarbonyl (C=S) groups is 1. The SMILES string of the molecule is Cc1cc(Nc2ccc(Br)cc2C(N)=S)cc(C)c1Br. The lowest BCUT2D eigenvalue weighted by atomic mass is 10.1. The number of anilines is 2. The van der Waals surface area contributed by atoms with Crippen LogP contribution >= 0.6 is 44.1 Å². The summed E-state index contributed by atoms with van der Waals surface area (Å²) in [6, 6.07) is 10.0. The Balaban J connectivity index is 2.42. The highest BCUT2D eigenvalue weighted by molar-refractivity contribution is 9.10. The van der Waals surface area contributed by atoms with Gasteiger partial charge in [-0.05, 0) is 55.3 Å². The minimum absolute atomic E-state index is 0.374. The fraction of sp³-hybridized carbons (Fsp3) is 0.133. The highest BCUT2D eigenvalue weighted by Crippen LogP contribution is 2.29. The molecule has 0 atom stereocenters. The first-order valence-corrected chi connectivity index (χ1v) is 8.01. The van der Waals surface area contributed by atoms with Gasteiger partial charge in [-0.2, -0.15) is 0 Å². The summed E-state index contributed by atoms with van der Waals surface area (Å²) < 4.78 is 2.09. The summed E-state index contributed by atoms with van der Waals surface area (Å²) in [4.78, 5) is 0.374. The molecule has 20 heavy (non-hydrogen) atoms. The average Bonchev–Trinajstić information content (AvgIpc) is 2.37. The fourth-order valence-corrected chi connectivity index (χ4v) is 2.76. The van der Waals surface area contributed by atoms with Crippen LogP contribution in [-0.4, -0.2) is 4.99 Å². The van der Waals surface area contributed by atoms with Crippen molar-refractivity contribution in [2.45, 2.75) is 13.8 Å². The molecule has 0 spiro atoms. The van der Waals surface area contributed by atoms with Crippen molar-refractivity contribution >= 4 is 60.4 Å². The van der Waals surface area contributed by atoms with Crippen molar-refractivity contribution in [2.24, 2.45) is 5.73 Å². The van der Waals surface area contributed by atoms with Crippen LogP contribution in [0.4, 0.5) is 11.4 Å². The van der Waals surface area contributed by atoms with E-state index in [0.29, 0.717) is 4.99 Å². The smallest absolute Gasteiger partial charge is 0.106 e. The van der Waals surface area contributed by atoms with Crippen LogP contribution in [0.1, 0.15) is 16.7 Å². The normalized spacial score (nSPS) is 10.4. The molecule has 0 aliphatic carbocycles. The first kappa shape index (κ1) is 15.5. The molecule has 0 amide bonds. The molecule has 0 aliphatic rings. The summed E-state index contributed by atoms with van der Waals surface area (Å²) in [6.45, 7) is 4.14. The van der Waals surface area contributed by atoms with Crippen molar-refractivity contribution in [3.63, 3.8) is 0 Å². The third-order valence-corrected chi connectivity index (χ3v) is 4.93. The molecule has 104 valence electrons. The van der Waals surface area contributed by atoms with E-state index in [-0.39, 0.29) is 0 Å². The van der Waals surface area contributed by atoms with Crippen LogP contribution < -0.4 is 11.1 Å². The van der Waals surface area contributed by atoms with E-state index in [1.807, 2.05) is 18.2 Å². The van der Waals surface area contributed by atoms with Crippen LogP contribution in [0.25, 0.3) is 0 Å². The Labute approximate surface area is 141 Å². The van der Waals surface area contributed by atoms with Crippen LogP contribution in [0, 0.1) is 13.8 Å². The molecule has 2 aromatic carbocycles. The molecule has 2 rings (SSSR count). The molecule has 0 heterocycles. The maximum atomic E-state index is 5.78. The molecule has 0 saturated carbocycles. The summed E-state index contributed by atoms with van der Waals surface area (Å²) in [5, 5.41) is 3.38. The zero-order chi connectivity index (χ0) is 14.9. The van der Waals surface area contributed by atoms with Crippen LogP contribution in [0.5, 0.6) is 0 Å². The van der Waals surface area contributed by atoms with E-state index in [1.54, 1.807) is 0 Å². The van der Waals surface area contributed by atoms with Crippen LogP contribution in [0.15, 0.2) is 39.3 Å². The van der Waals surface area contributed by atoms with E-state index in [1.165, 1.54) is 11.1 Å². The Morgan fingerprint density at radius 1 is 1.10 bits per heavy atom. The van der Waals surface area contributed by atoms with Gasteiger partial charge in [0.05, 0.1) is 0 Å². The van der Waals surface area contributed by atoms with Crippen LogP contribution in [-0.2, 0) is 0 Å². The van der Waals surface area contributed by atoms with Gasteiger partial charge in [-0.15, -0.1) is 0 Å². The molecular weight excluding hydrogens is 400 g/mol. The second-order valence-corrected chi connectivity index (χ2v) is 6.75. The fourth-order valence-electron chi connectivity index (χ4n) is 2.00. The lowest BCUT2D eigenvalue weighted by molar-refractivity contribution is 1.33. The van der Waals surface area contributed by atoms with Crippen molar-refractivity contribution in [2.75, 3.05) is 5.32 Å². The first-order chi connectivity index (χ1) is 9.38. The molecule has 0 aliphatic heterocycles. The summed E-state index contributed by atoms with van der Waals surface area (Å²) in [6.07, 6.45) is 0. The minimum Gasteiger partial charge on any atom is -0.389 e. The van der Waals surface area contributed by atoms with E-state index in [2.05, 4.69) is 63.2 Å². The molecule has 3 N–H and O–H groups in total. The van der Waals surface area contributed by atoms with Crippen molar-refractivity contribution in [3.05, 3.63) is 56.0 Å². The van der Waals surface area contributed by atoms with E-state index >= 15 is 0 Å². The predicted molar refractivity (Wildman–Crippen MR) is 96.9 cm³/mol. The third-order valence-electron chi connectivity index (χ3n) is 2.96. The number of nitrogens with one attached hydrogen (secondary N) is 1. The summed E-state index contributed by atoms with van der Waals surface area (Å²) in [5.74, 6) is 0. The Kier molecular flexibility index (Phi) is 4.83. The number of rotatable bonds is 3. The van der Waals surface area contributed by atoms with Gasteiger partial charge in [-0.3, -0.25) is 0 Å². The van der Waals surface area contributed by atoms with Gasteiger partial charge >= 0.3 is 0 Å². The lowest BCUT2D eigenvalue weighted by Gasteiger charge is -2.14. The maximum absolute atomic E-state index is 5.78. The van der Waals surface area contributed by atoms with Gasteiger partial charge in [0.1, 0.15) is 4.99 Å². The Morgan fingerprint density at radius 3 is 2.25 bits per heavy atom. The minimum atomic E-state index is 0.374. The molecular formula is C15H14Br2N2S. The molecule has 0 saturated heterocycles. The highest BCUT2D eigenvalue weighted by Gasteiger charge is 2.08. The zero-order valence-corrected chi connectivity index (χ0v) is 15.1. The maximum Gasteiger partial charge on any atom is 0.106 e. The van der Waals surface area contributed by atoms with E-state index in [4.69, 9.17) is 18.0 Å². The quantitative estimate of drug-likeness (QED) is 0.678. The number of hydrogen-bond donors (Lipinski definition) is 2. The van der Waals surface area contributed by atoms with Crippen molar-refractivity contribution in [3.8, 4) is 0 Å². The Hall–Kier alpha value is -0.910. The van der Waals surface area contributed by atoms with Gasteiger partial charge in [-0.1, -0.05) is 44.1 Å². The zero-order valence-electron chi connectivity index (χ0n) is 11.1. The van der Waals surface area contributed by atoms with E-state index in [0.717, 1.165) is 25.9 Å². The topological polar surface area (TPSA) is 38.0 Å². The lowest BCUT2D eigenvalue weighted by Crippen LogP contribution is -2.12. The average molecular weight is 414 g/mol. The Morgan fingerprint density at radius 2 is 1.70 bits per heavy atom. The molecule has 5 heteroatoms.